The molecule has 2 aromatic rings. The van der Waals surface area contributed by atoms with Gasteiger partial charge in [0.2, 0.25) is 0 Å². The van der Waals surface area contributed by atoms with Gasteiger partial charge < -0.3 is 5.11 Å². The third-order valence-corrected chi connectivity index (χ3v) is 5.38. The Labute approximate surface area is 120 Å². The summed E-state index contributed by atoms with van der Waals surface area (Å²) in [4.78, 5) is 12.0. The van der Waals surface area contributed by atoms with Gasteiger partial charge in [-0.2, -0.15) is 5.10 Å². The monoisotopic (exact) mass is 314 g/mol. The van der Waals surface area contributed by atoms with E-state index in [4.69, 9.17) is 0 Å². The number of hydrogen-bond acceptors (Lipinski definition) is 5. The lowest BCUT2D eigenvalue weighted by atomic mass is 10.2. The maximum absolute atomic E-state index is 11.5. The first-order chi connectivity index (χ1) is 9.43. The van der Waals surface area contributed by atoms with Crippen molar-refractivity contribution >= 4 is 27.1 Å². The predicted molar refractivity (Wildman–Crippen MR) is 76.8 cm³/mol. The van der Waals surface area contributed by atoms with Crippen LogP contribution >= 0.6 is 11.3 Å². The molecule has 0 saturated carbocycles. The molecule has 0 amide bonds. The number of sulfone groups is 1. The highest BCUT2D eigenvalue weighted by atomic mass is 32.2. The fraction of sp³-hybridized carbons (Fsp3) is 0.333. The largest absolute Gasteiger partial charge is 0.478 e. The van der Waals surface area contributed by atoms with Crippen molar-refractivity contribution in [2.24, 2.45) is 0 Å². The number of aryl methyl sites for hydroxylation is 1. The first-order valence-corrected chi connectivity index (χ1v) is 8.68. The molecule has 6 nitrogen and oxygen atoms in total. The molecule has 0 aliphatic carbocycles. The van der Waals surface area contributed by atoms with E-state index in [0.717, 1.165) is 4.88 Å². The Balaban J connectivity index is 2.29. The van der Waals surface area contributed by atoms with Gasteiger partial charge in [0, 0.05) is 11.9 Å². The second-order valence-electron chi connectivity index (χ2n) is 4.17. The summed E-state index contributed by atoms with van der Waals surface area (Å²) in [5.41, 5.74) is 0.461. The number of rotatable bonds is 6. The second-order valence-corrected chi connectivity index (χ2v) is 7.59. The summed E-state index contributed by atoms with van der Waals surface area (Å²) in [6, 6.07) is 3.60. The molecule has 0 atom stereocenters. The fourth-order valence-corrected chi connectivity index (χ4v) is 3.14. The minimum absolute atomic E-state index is 0.0475. The van der Waals surface area contributed by atoms with Crippen LogP contribution in [0.5, 0.6) is 0 Å². The summed E-state index contributed by atoms with van der Waals surface area (Å²) in [7, 11) is -3.10. The molecule has 0 aliphatic heterocycles. The van der Waals surface area contributed by atoms with Crippen LogP contribution in [0.4, 0.5) is 0 Å². The molecular weight excluding hydrogens is 300 g/mol. The summed E-state index contributed by atoms with van der Waals surface area (Å²) in [6.07, 6.45) is 1.38. The molecule has 2 heterocycles. The number of hydrogen-bond donors (Lipinski definition) is 1. The molecule has 2 aromatic heterocycles. The number of aromatic nitrogens is 2. The fourth-order valence-electron chi connectivity index (χ4n) is 1.66. The van der Waals surface area contributed by atoms with Crippen LogP contribution in [0.15, 0.2) is 23.7 Å². The van der Waals surface area contributed by atoms with E-state index in [1.807, 2.05) is 11.4 Å². The van der Waals surface area contributed by atoms with Crippen molar-refractivity contribution in [1.82, 2.24) is 9.78 Å². The molecular formula is C12H14N2O4S2. The van der Waals surface area contributed by atoms with Crippen LogP contribution in [0.2, 0.25) is 0 Å². The van der Waals surface area contributed by atoms with Crippen molar-refractivity contribution in [2.45, 2.75) is 13.5 Å². The van der Waals surface area contributed by atoms with Crippen molar-refractivity contribution in [1.29, 1.82) is 0 Å². The number of thiophene rings is 1. The van der Waals surface area contributed by atoms with Crippen molar-refractivity contribution in [3.05, 3.63) is 29.3 Å². The Hall–Kier alpha value is -1.67. The molecule has 0 saturated heterocycles. The lowest BCUT2D eigenvalue weighted by Crippen LogP contribution is -2.14. The van der Waals surface area contributed by atoms with Crippen LogP contribution in [-0.2, 0) is 16.4 Å². The standard InChI is InChI=1S/C12H14N2O4S2/c1-2-20(17,18)7-5-14-8-9(12(15)16)11(13-14)10-4-3-6-19-10/h3-4,6,8H,2,5,7H2,1H3,(H,15,16). The lowest BCUT2D eigenvalue weighted by Gasteiger charge is -2.01. The Morgan fingerprint density at radius 3 is 2.80 bits per heavy atom. The first kappa shape index (κ1) is 14.7. The molecule has 0 aliphatic rings. The summed E-state index contributed by atoms with van der Waals surface area (Å²) >= 11 is 1.39. The van der Waals surface area contributed by atoms with Crippen LogP contribution in [-0.4, -0.2) is 40.8 Å². The number of aromatic carboxylic acids is 1. The quantitative estimate of drug-likeness (QED) is 0.877. The summed E-state index contributed by atoms with van der Waals surface area (Å²) in [6.45, 7) is 1.74. The van der Waals surface area contributed by atoms with E-state index >= 15 is 0 Å². The van der Waals surface area contributed by atoms with Gasteiger partial charge in [0.25, 0.3) is 0 Å². The SMILES string of the molecule is CCS(=O)(=O)CCn1cc(C(=O)O)c(-c2cccs2)n1. The molecule has 0 unspecified atom stereocenters. The predicted octanol–water partition coefficient (Wildman–Crippen LogP) is 1.74. The molecule has 0 bridgehead atoms. The van der Waals surface area contributed by atoms with Gasteiger partial charge in [-0.1, -0.05) is 13.0 Å². The normalized spacial score (nSPS) is 11.7. The van der Waals surface area contributed by atoms with Gasteiger partial charge in [0.1, 0.15) is 11.3 Å². The Morgan fingerprint density at radius 2 is 2.25 bits per heavy atom. The summed E-state index contributed by atoms with van der Waals surface area (Å²) in [5, 5.41) is 15.2. The minimum atomic E-state index is -3.10. The van der Waals surface area contributed by atoms with Crippen molar-refractivity contribution < 1.29 is 18.3 Å². The number of carboxylic acid groups (broad SMARTS) is 1. The lowest BCUT2D eigenvalue weighted by molar-refractivity contribution is 0.0697. The molecule has 20 heavy (non-hydrogen) atoms. The molecule has 1 N–H and O–H groups in total. The molecule has 0 spiro atoms. The highest BCUT2D eigenvalue weighted by Gasteiger charge is 2.18. The van der Waals surface area contributed by atoms with Gasteiger partial charge in [0.05, 0.1) is 17.2 Å². The highest BCUT2D eigenvalue weighted by molar-refractivity contribution is 7.91. The van der Waals surface area contributed by atoms with E-state index in [0.29, 0.717) is 5.69 Å². The Morgan fingerprint density at radius 1 is 1.50 bits per heavy atom. The smallest absolute Gasteiger partial charge is 0.339 e. The van der Waals surface area contributed by atoms with Gasteiger partial charge >= 0.3 is 5.97 Å². The van der Waals surface area contributed by atoms with Crippen LogP contribution in [0.25, 0.3) is 10.6 Å². The van der Waals surface area contributed by atoms with Gasteiger partial charge in [0.15, 0.2) is 9.84 Å². The minimum Gasteiger partial charge on any atom is -0.478 e. The van der Waals surface area contributed by atoms with Gasteiger partial charge in [-0.15, -0.1) is 11.3 Å². The van der Waals surface area contributed by atoms with Crippen molar-refractivity contribution in [3.8, 4) is 10.6 Å². The Bertz CT molecular complexity index is 702. The maximum atomic E-state index is 11.5. The van der Waals surface area contributed by atoms with E-state index in [9.17, 15) is 18.3 Å². The third-order valence-electron chi connectivity index (χ3n) is 2.82. The zero-order chi connectivity index (χ0) is 14.8. The molecule has 0 aromatic carbocycles. The topological polar surface area (TPSA) is 89.3 Å². The van der Waals surface area contributed by atoms with Crippen LogP contribution < -0.4 is 0 Å². The van der Waals surface area contributed by atoms with Gasteiger partial charge in [-0.25, -0.2) is 13.2 Å². The molecule has 0 fully saturated rings. The van der Waals surface area contributed by atoms with Crippen LogP contribution in [0, 0.1) is 0 Å². The van der Waals surface area contributed by atoms with E-state index in [-0.39, 0.29) is 23.6 Å². The number of nitrogens with zero attached hydrogens (tertiary/aromatic N) is 2. The van der Waals surface area contributed by atoms with E-state index in [1.54, 1.807) is 13.0 Å². The summed E-state index contributed by atoms with van der Waals surface area (Å²) in [5.74, 6) is -1.05. The van der Waals surface area contributed by atoms with E-state index in [2.05, 4.69) is 5.10 Å². The first-order valence-electron chi connectivity index (χ1n) is 5.98. The number of carboxylic acids is 1. The third kappa shape index (κ3) is 3.26. The highest BCUT2D eigenvalue weighted by Crippen LogP contribution is 2.26. The zero-order valence-corrected chi connectivity index (χ0v) is 12.4. The Kier molecular flexibility index (Phi) is 4.24. The molecule has 0 radical (unpaired) electrons. The maximum Gasteiger partial charge on any atom is 0.339 e. The van der Waals surface area contributed by atoms with Crippen LogP contribution in [0.1, 0.15) is 17.3 Å². The van der Waals surface area contributed by atoms with Gasteiger partial charge in [-0.3, -0.25) is 4.68 Å². The van der Waals surface area contributed by atoms with Crippen LogP contribution in [0.3, 0.4) is 0 Å². The number of carbonyl (C=O) groups is 1. The van der Waals surface area contributed by atoms with Crippen molar-refractivity contribution in [2.75, 3.05) is 11.5 Å². The molecule has 2 rings (SSSR count). The molecule has 8 heteroatoms. The average Bonchev–Trinajstić information content (AvgIpc) is 3.05. The zero-order valence-electron chi connectivity index (χ0n) is 10.8. The van der Waals surface area contributed by atoms with E-state index < -0.39 is 15.8 Å². The van der Waals surface area contributed by atoms with Gasteiger partial charge in [-0.05, 0) is 11.4 Å². The van der Waals surface area contributed by atoms with E-state index in [1.165, 1.54) is 22.2 Å². The van der Waals surface area contributed by atoms with Crippen molar-refractivity contribution in [3.63, 3.8) is 0 Å². The molecule has 108 valence electrons. The second kappa shape index (κ2) is 5.76. The average molecular weight is 314 g/mol. The summed E-state index contributed by atoms with van der Waals surface area (Å²) < 4.78 is 24.3.